The van der Waals surface area contributed by atoms with Gasteiger partial charge in [-0.05, 0) is 13.0 Å². The lowest BCUT2D eigenvalue weighted by Crippen LogP contribution is -2.05. The molecule has 0 saturated carbocycles. The highest BCUT2D eigenvalue weighted by Gasteiger charge is 2.29. The maximum absolute atomic E-state index is 12.6. The fourth-order valence-corrected chi connectivity index (χ4v) is 2.35. The highest BCUT2D eigenvalue weighted by Crippen LogP contribution is 2.39. The molecule has 0 aliphatic heterocycles. The molecule has 0 N–H and O–H groups in total. The molecule has 1 aromatic carbocycles. The van der Waals surface area contributed by atoms with Gasteiger partial charge in [0.25, 0.3) is 15.5 Å². The molecule has 0 radical (unpaired) electrons. The van der Waals surface area contributed by atoms with Gasteiger partial charge < -0.3 is 4.74 Å². The van der Waals surface area contributed by atoms with E-state index in [1.165, 1.54) is 6.92 Å². The summed E-state index contributed by atoms with van der Waals surface area (Å²) in [5.41, 5.74) is -1.70. The number of nitro benzene ring substituents is 1. The van der Waals surface area contributed by atoms with Crippen molar-refractivity contribution in [3.05, 3.63) is 27.8 Å². The van der Waals surface area contributed by atoms with Crippen LogP contribution in [0.15, 0.2) is 17.0 Å². The van der Waals surface area contributed by atoms with Gasteiger partial charge in [0.05, 0.1) is 11.5 Å². The fraction of sp³-hybridized carbons (Fsp3) is 0.333. The first-order valence-corrected chi connectivity index (χ1v) is 7.17. The first-order chi connectivity index (χ1) is 8.68. The van der Waals surface area contributed by atoms with E-state index in [2.05, 4.69) is 0 Å². The van der Waals surface area contributed by atoms with Crippen molar-refractivity contribution >= 4 is 25.4 Å². The van der Waals surface area contributed by atoms with Crippen molar-refractivity contribution in [3.63, 3.8) is 0 Å². The minimum atomic E-state index is -4.46. The standard InChI is InChI=1S/C9H8ClF2NO5S/c1-2-18-8-6(13(14)15)3-5(9(11)12)4-7(8)19(10,16)17/h3-4,9H,2H2,1H3. The highest BCUT2D eigenvalue weighted by atomic mass is 35.7. The maximum atomic E-state index is 12.6. The molecule has 0 aromatic heterocycles. The van der Waals surface area contributed by atoms with Gasteiger partial charge in [-0.2, -0.15) is 0 Å². The van der Waals surface area contributed by atoms with E-state index in [4.69, 9.17) is 15.4 Å². The van der Waals surface area contributed by atoms with Gasteiger partial charge in [0.2, 0.25) is 5.75 Å². The Morgan fingerprint density at radius 3 is 2.42 bits per heavy atom. The SMILES string of the molecule is CCOc1c([N+](=O)[O-])cc(C(F)F)cc1S(=O)(=O)Cl. The van der Waals surface area contributed by atoms with Crippen LogP contribution in [0.2, 0.25) is 0 Å². The summed E-state index contributed by atoms with van der Waals surface area (Å²) in [5.74, 6) is -0.646. The number of halogens is 3. The molecular formula is C9H8ClF2NO5S. The van der Waals surface area contributed by atoms with Gasteiger partial charge in [-0.15, -0.1) is 0 Å². The van der Waals surface area contributed by atoms with Crippen molar-refractivity contribution in [1.82, 2.24) is 0 Å². The summed E-state index contributed by atoms with van der Waals surface area (Å²) in [5, 5.41) is 10.8. The third-order valence-corrected chi connectivity index (χ3v) is 3.38. The van der Waals surface area contributed by atoms with Crippen LogP contribution in [0.5, 0.6) is 5.75 Å². The third kappa shape index (κ3) is 3.51. The van der Waals surface area contributed by atoms with Crippen molar-refractivity contribution in [2.24, 2.45) is 0 Å². The number of alkyl halides is 2. The fourth-order valence-electron chi connectivity index (χ4n) is 1.34. The molecule has 0 saturated heterocycles. The van der Waals surface area contributed by atoms with Crippen LogP contribution < -0.4 is 4.74 Å². The average Bonchev–Trinajstić information content (AvgIpc) is 2.27. The molecule has 0 heterocycles. The van der Waals surface area contributed by atoms with Crippen molar-refractivity contribution < 1.29 is 26.9 Å². The van der Waals surface area contributed by atoms with Crippen molar-refractivity contribution in [3.8, 4) is 5.75 Å². The Morgan fingerprint density at radius 2 is 2.05 bits per heavy atom. The highest BCUT2D eigenvalue weighted by molar-refractivity contribution is 8.13. The molecule has 19 heavy (non-hydrogen) atoms. The van der Waals surface area contributed by atoms with Gasteiger partial charge in [-0.25, -0.2) is 17.2 Å². The summed E-state index contributed by atoms with van der Waals surface area (Å²) in [4.78, 5) is 8.94. The van der Waals surface area contributed by atoms with Gasteiger partial charge in [-0.1, -0.05) is 0 Å². The van der Waals surface area contributed by atoms with Crippen LogP contribution in [0.1, 0.15) is 18.9 Å². The van der Waals surface area contributed by atoms with E-state index < -0.39 is 42.3 Å². The topological polar surface area (TPSA) is 86.5 Å². The molecule has 10 heteroatoms. The van der Waals surface area contributed by atoms with Crippen LogP contribution in [-0.2, 0) is 9.05 Å². The summed E-state index contributed by atoms with van der Waals surface area (Å²) in [6, 6.07) is 1.12. The monoisotopic (exact) mass is 315 g/mol. The second-order valence-electron chi connectivity index (χ2n) is 3.30. The lowest BCUT2D eigenvalue weighted by atomic mass is 10.2. The van der Waals surface area contributed by atoms with Gasteiger partial charge in [0.1, 0.15) is 4.90 Å². The molecule has 6 nitrogen and oxygen atoms in total. The van der Waals surface area contributed by atoms with Crippen LogP contribution in [0.25, 0.3) is 0 Å². The summed E-state index contributed by atoms with van der Waals surface area (Å²) in [6.07, 6.45) is -3.08. The molecule has 0 fully saturated rings. The van der Waals surface area contributed by atoms with Crippen LogP contribution in [0.3, 0.4) is 0 Å². The number of nitrogens with zero attached hydrogens (tertiary/aromatic N) is 1. The molecule has 106 valence electrons. The molecule has 1 rings (SSSR count). The van der Waals surface area contributed by atoms with Crippen LogP contribution >= 0.6 is 10.7 Å². The number of hydrogen-bond acceptors (Lipinski definition) is 5. The molecule has 0 aliphatic carbocycles. The molecule has 0 unspecified atom stereocenters. The van der Waals surface area contributed by atoms with E-state index >= 15 is 0 Å². The second kappa shape index (κ2) is 5.66. The zero-order valence-corrected chi connectivity index (χ0v) is 11.0. The smallest absolute Gasteiger partial charge is 0.312 e. The van der Waals surface area contributed by atoms with E-state index in [0.717, 1.165) is 0 Å². The molecule has 0 amide bonds. The Kier molecular flexibility index (Phi) is 4.64. The predicted octanol–water partition coefficient (Wildman–Crippen LogP) is 2.86. The number of benzene rings is 1. The van der Waals surface area contributed by atoms with Crippen LogP contribution in [0.4, 0.5) is 14.5 Å². The summed E-state index contributed by atoms with van der Waals surface area (Å²) in [6.45, 7) is 1.36. The summed E-state index contributed by atoms with van der Waals surface area (Å²) < 4.78 is 52.6. The minimum Gasteiger partial charge on any atom is -0.486 e. The largest absolute Gasteiger partial charge is 0.486 e. The molecule has 0 spiro atoms. The average molecular weight is 316 g/mol. The molecule has 0 atom stereocenters. The van der Waals surface area contributed by atoms with Crippen molar-refractivity contribution in [1.29, 1.82) is 0 Å². The normalized spacial score (nSPS) is 11.6. The molecular weight excluding hydrogens is 308 g/mol. The number of hydrogen-bond donors (Lipinski definition) is 0. The maximum Gasteiger partial charge on any atom is 0.312 e. The molecule has 0 aliphatic rings. The first kappa shape index (κ1) is 15.6. The summed E-state index contributed by atoms with van der Waals surface area (Å²) >= 11 is 0. The Hall–Kier alpha value is -1.48. The van der Waals surface area contributed by atoms with E-state index in [-0.39, 0.29) is 6.61 Å². The van der Waals surface area contributed by atoms with Gasteiger partial charge in [0.15, 0.2) is 0 Å². The van der Waals surface area contributed by atoms with Crippen LogP contribution in [-0.4, -0.2) is 19.9 Å². The third-order valence-electron chi connectivity index (χ3n) is 2.06. The van der Waals surface area contributed by atoms with E-state index in [9.17, 15) is 27.3 Å². The zero-order chi connectivity index (χ0) is 14.8. The van der Waals surface area contributed by atoms with Crippen LogP contribution in [0, 0.1) is 10.1 Å². The lowest BCUT2D eigenvalue weighted by molar-refractivity contribution is -0.386. The van der Waals surface area contributed by atoms with Gasteiger partial charge in [-0.3, -0.25) is 10.1 Å². The Bertz CT molecular complexity index is 605. The first-order valence-electron chi connectivity index (χ1n) is 4.86. The minimum absolute atomic E-state index is 0.0890. The van der Waals surface area contributed by atoms with E-state index in [0.29, 0.717) is 12.1 Å². The second-order valence-corrected chi connectivity index (χ2v) is 5.83. The number of ether oxygens (including phenoxy) is 1. The lowest BCUT2D eigenvalue weighted by Gasteiger charge is -2.10. The Labute approximate surface area is 111 Å². The predicted molar refractivity (Wildman–Crippen MR) is 62.3 cm³/mol. The number of nitro groups is 1. The Balaban J connectivity index is 3.70. The van der Waals surface area contributed by atoms with Crippen molar-refractivity contribution in [2.75, 3.05) is 6.61 Å². The number of rotatable bonds is 5. The molecule has 0 bridgehead atoms. The van der Waals surface area contributed by atoms with Crippen molar-refractivity contribution in [2.45, 2.75) is 18.2 Å². The quantitative estimate of drug-likeness (QED) is 0.473. The van der Waals surface area contributed by atoms with Gasteiger partial charge in [0, 0.05) is 22.3 Å². The van der Waals surface area contributed by atoms with E-state index in [1.54, 1.807) is 0 Å². The van der Waals surface area contributed by atoms with Gasteiger partial charge >= 0.3 is 5.69 Å². The summed E-state index contributed by atoms with van der Waals surface area (Å²) in [7, 11) is 0.619. The zero-order valence-electron chi connectivity index (χ0n) is 9.47. The Morgan fingerprint density at radius 1 is 1.47 bits per heavy atom. The molecule has 1 aromatic rings. The van der Waals surface area contributed by atoms with E-state index in [1.807, 2.05) is 0 Å².